The van der Waals surface area contributed by atoms with Gasteiger partial charge in [-0.05, 0) is 37.6 Å². The number of hydrogen-bond acceptors (Lipinski definition) is 5. The molecule has 1 aliphatic rings. The molecule has 27 heavy (non-hydrogen) atoms. The van der Waals surface area contributed by atoms with Gasteiger partial charge in [0.25, 0.3) is 5.91 Å². The first-order valence-corrected chi connectivity index (χ1v) is 9.78. The number of thiophene rings is 1. The molecule has 2 rings (SSSR count). The molecule has 2 heterocycles. The number of halogens is 1. The fourth-order valence-electron chi connectivity index (χ4n) is 2.65. The number of nitrogens with one attached hydrogen (secondary N) is 2. The number of amides is 2. The number of likely N-dealkylation sites (tertiary alicyclic amines) is 1. The number of nitrogens with zero attached hydrogens (tertiary/aromatic N) is 2. The number of rotatable bonds is 7. The van der Waals surface area contributed by atoms with E-state index in [-0.39, 0.29) is 42.0 Å². The second-order valence-electron chi connectivity index (χ2n) is 5.96. The van der Waals surface area contributed by atoms with Crippen molar-refractivity contribution in [2.24, 2.45) is 10.7 Å². The second kappa shape index (κ2) is 12.8. The maximum absolute atomic E-state index is 11.8. The Morgan fingerprint density at radius 2 is 2.15 bits per heavy atom. The lowest BCUT2D eigenvalue weighted by Gasteiger charge is -2.31. The Hall–Kier alpha value is -1.56. The summed E-state index contributed by atoms with van der Waals surface area (Å²) < 4.78 is 5.00. The molecular weight excluding hydrogens is 481 g/mol. The molecular formula is C17H28IN5O3S. The van der Waals surface area contributed by atoms with Gasteiger partial charge in [0.05, 0.1) is 11.5 Å². The molecule has 0 saturated carbocycles. The molecule has 1 aromatic heterocycles. The molecule has 10 heteroatoms. The quantitative estimate of drug-likeness (QED) is 0.226. The van der Waals surface area contributed by atoms with Crippen LogP contribution in [0.4, 0.5) is 4.79 Å². The average molecular weight is 509 g/mol. The number of ether oxygens (including phenoxy) is 1. The summed E-state index contributed by atoms with van der Waals surface area (Å²) in [6.07, 6.45) is 2.09. The average Bonchev–Trinajstić information content (AvgIpc) is 3.17. The van der Waals surface area contributed by atoms with Gasteiger partial charge in [-0.25, -0.2) is 4.79 Å². The van der Waals surface area contributed by atoms with E-state index in [2.05, 4.69) is 15.6 Å². The summed E-state index contributed by atoms with van der Waals surface area (Å²) in [6, 6.07) is 3.86. The van der Waals surface area contributed by atoms with Crippen LogP contribution in [0.3, 0.4) is 0 Å². The Bertz CT molecular complexity index is 604. The van der Waals surface area contributed by atoms with Crippen LogP contribution < -0.4 is 16.4 Å². The summed E-state index contributed by atoms with van der Waals surface area (Å²) in [4.78, 5) is 30.1. The zero-order chi connectivity index (χ0) is 18.8. The van der Waals surface area contributed by atoms with Gasteiger partial charge in [0.15, 0.2) is 5.96 Å². The van der Waals surface area contributed by atoms with Crippen LogP contribution in [0, 0.1) is 0 Å². The van der Waals surface area contributed by atoms with Gasteiger partial charge in [-0.1, -0.05) is 6.07 Å². The van der Waals surface area contributed by atoms with E-state index in [4.69, 9.17) is 10.5 Å². The van der Waals surface area contributed by atoms with Crippen LogP contribution in [-0.2, 0) is 4.74 Å². The van der Waals surface area contributed by atoms with Gasteiger partial charge in [0, 0.05) is 32.2 Å². The highest BCUT2D eigenvalue weighted by molar-refractivity contribution is 14.0. The molecule has 1 aromatic rings. The molecule has 0 aromatic carbocycles. The highest BCUT2D eigenvalue weighted by Gasteiger charge is 2.23. The van der Waals surface area contributed by atoms with Gasteiger partial charge in [0.2, 0.25) is 0 Å². The molecule has 2 amide bonds. The zero-order valence-corrected chi connectivity index (χ0v) is 18.6. The van der Waals surface area contributed by atoms with E-state index in [1.165, 1.54) is 11.3 Å². The van der Waals surface area contributed by atoms with Crippen LogP contribution in [0.2, 0.25) is 0 Å². The summed E-state index contributed by atoms with van der Waals surface area (Å²) in [7, 11) is 0. The van der Waals surface area contributed by atoms with E-state index >= 15 is 0 Å². The van der Waals surface area contributed by atoms with Crippen LogP contribution in [-0.4, -0.2) is 61.7 Å². The molecule has 0 bridgehead atoms. The van der Waals surface area contributed by atoms with Crippen LogP contribution >= 0.6 is 35.3 Å². The standard InChI is InChI=1S/C17H27N5O3S.HI/c1-2-25-17(24)22-10-6-13(7-11-22)21-16(18)20-9-4-8-19-15(23)14-5-3-12-26-14;/h3,5,12-13H,2,4,6-11H2,1H3,(H,19,23)(H3,18,20,21);1H. The largest absolute Gasteiger partial charge is 0.450 e. The summed E-state index contributed by atoms with van der Waals surface area (Å²) in [6.45, 7) is 4.61. The van der Waals surface area contributed by atoms with Gasteiger partial charge in [0.1, 0.15) is 0 Å². The Balaban J connectivity index is 0.00000364. The van der Waals surface area contributed by atoms with Gasteiger partial charge >= 0.3 is 6.09 Å². The molecule has 4 N–H and O–H groups in total. The minimum Gasteiger partial charge on any atom is -0.450 e. The Kier molecular flexibility index (Phi) is 11.1. The normalized spacial score (nSPS) is 15.0. The smallest absolute Gasteiger partial charge is 0.409 e. The number of piperidine rings is 1. The lowest BCUT2D eigenvalue weighted by molar-refractivity contribution is 0.0952. The number of carbonyl (C=O) groups excluding carboxylic acids is 2. The van der Waals surface area contributed by atoms with E-state index in [1.807, 2.05) is 11.4 Å². The highest BCUT2D eigenvalue weighted by atomic mass is 127. The predicted octanol–water partition coefficient (Wildman–Crippen LogP) is 2.01. The number of nitrogens with two attached hydrogens (primary N) is 1. The van der Waals surface area contributed by atoms with Crippen molar-refractivity contribution in [1.82, 2.24) is 15.5 Å². The highest BCUT2D eigenvalue weighted by Crippen LogP contribution is 2.11. The van der Waals surface area contributed by atoms with Gasteiger partial charge in [-0.3, -0.25) is 9.79 Å². The topological polar surface area (TPSA) is 109 Å². The first kappa shape index (κ1) is 23.5. The summed E-state index contributed by atoms with van der Waals surface area (Å²) in [5, 5.41) is 7.93. The maximum atomic E-state index is 11.8. The molecule has 8 nitrogen and oxygen atoms in total. The molecule has 0 spiro atoms. The lowest BCUT2D eigenvalue weighted by Crippen LogP contribution is -2.48. The third-order valence-corrected chi connectivity index (χ3v) is 4.89. The molecule has 0 unspecified atom stereocenters. The first-order chi connectivity index (χ1) is 12.6. The number of carbonyl (C=O) groups is 2. The number of aliphatic imine (C=N–C) groups is 1. The Labute approximate surface area is 180 Å². The van der Waals surface area contributed by atoms with Crippen molar-refractivity contribution >= 4 is 53.3 Å². The molecule has 0 aliphatic carbocycles. The fraction of sp³-hybridized carbons (Fsp3) is 0.588. The molecule has 0 radical (unpaired) electrons. The third-order valence-electron chi connectivity index (χ3n) is 4.02. The second-order valence-corrected chi connectivity index (χ2v) is 6.91. The minimum atomic E-state index is -0.253. The predicted molar refractivity (Wildman–Crippen MR) is 118 cm³/mol. The number of guanidine groups is 1. The third kappa shape index (κ3) is 8.33. The maximum Gasteiger partial charge on any atom is 0.409 e. The Morgan fingerprint density at radius 1 is 1.41 bits per heavy atom. The monoisotopic (exact) mass is 509 g/mol. The summed E-state index contributed by atoms with van der Waals surface area (Å²) >= 11 is 1.42. The van der Waals surface area contributed by atoms with Gasteiger partial charge in [-0.2, -0.15) is 0 Å². The first-order valence-electron chi connectivity index (χ1n) is 8.90. The fourth-order valence-corrected chi connectivity index (χ4v) is 3.29. The molecule has 1 aliphatic heterocycles. The van der Waals surface area contributed by atoms with Crippen LogP contribution in [0.25, 0.3) is 0 Å². The van der Waals surface area contributed by atoms with Crippen LogP contribution in [0.15, 0.2) is 22.5 Å². The van der Waals surface area contributed by atoms with Crippen molar-refractivity contribution in [2.45, 2.75) is 32.2 Å². The van der Waals surface area contributed by atoms with Gasteiger partial charge < -0.3 is 26.0 Å². The van der Waals surface area contributed by atoms with E-state index in [9.17, 15) is 9.59 Å². The lowest BCUT2D eigenvalue weighted by atomic mass is 10.1. The van der Waals surface area contributed by atoms with E-state index in [1.54, 1.807) is 17.9 Å². The van der Waals surface area contributed by atoms with Crippen LogP contribution in [0.5, 0.6) is 0 Å². The van der Waals surface area contributed by atoms with Gasteiger partial charge in [-0.15, -0.1) is 35.3 Å². The summed E-state index contributed by atoms with van der Waals surface area (Å²) in [5.74, 6) is 0.354. The summed E-state index contributed by atoms with van der Waals surface area (Å²) in [5.41, 5.74) is 5.91. The molecule has 0 atom stereocenters. The van der Waals surface area contributed by atoms with Crippen molar-refractivity contribution in [2.75, 3.05) is 32.8 Å². The zero-order valence-electron chi connectivity index (χ0n) is 15.5. The van der Waals surface area contributed by atoms with E-state index in [0.717, 1.165) is 19.3 Å². The van der Waals surface area contributed by atoms with Crippen molar-refractivity contribution < 1.29 is 14.3 Å². The number of hydrogen-bond donors (Lipinski definition) is 3. The van der Waals surface area contributed by atoms with Crippen molar-refractivity contribution in [1.29, 1.82) is 0 Å². The SMILES string of the molecule is CCOC(=O)N1CCC(NC(N)=NCCCNC(=O)c2cccs2)CC1.I. The van der Waals surface area contributed by atoms with E-state index < -0.39 is 0 Å². The molecule has 1 saturated heterocycles. The van der Waals surface area contributed by atoms with Crippen molar-refractivity contribution in [3.63, 3.8) is 0 Å². The van der Waals surface area contributed by atoms with E-state index in [0.29, 0.717) is 43.6 Å². The minimum absolute atomic E-state index is 0. The Morgan fingerprint density at radius 3 is 2.78 bits per heavy atom. The molecule has 1 fully saturated rings. The molecule has 152 valence electrons. The van der Waals surface area contributed by atoms with Crippen LogP contribution in [0.1, 0.15) is 35.9 Å². The van der Waals surface area contributed by atoms with Crippen molar-refractivity contribution in [3.05, 3.63) is 22.4 Å². The van der Waals surface area contributed by atoms with Crippen molar-refractivity contribution in [3.8, 4) is 0 Å².